The average molecular weight is 272 g/mol. The second-order valence-corrected chi connectivity index (χ2v) is 6.31. The maximum absolute atomic E-state index is 12.3. The Hall–Kier alpha value is -0.910. The molecule has 2 unspecified atom stereocenters. The van der Waals surface area contributed by atoms with Gasteiger partial charge < -0.3 is 14.9 Å². The van der Waals surface area contributed by atoms with Crippen LogP contribution < -0.4 is 0 Å². The summed E-state index contributed by atoms with van der Waals surface area (Å²) in [5.74, 6) is -0.179. The van der Waals surface area contributed by atoms with Crippen LogP contribution >= 0.6 is 11.8 Å². The number of nitrogens with zero attached hydrogens (tertiary/aromatic N) is 2. The van der Waals surface area contributed by atoms with Gasteiger partial charge in [-0.25, -0.2) is 4.79 Å². The Morgan fingerprint density at radius 2 is 2.00 bits per heavy atom. The highest BCUT2D eigenvalue weighted by molar-refractivity contribution is 8.00. The largest absolute Gasteiger partial charge is 0.481 e. The summed E-state index contributed by atoms with van der Waals surface area (Å²) in [4.78, 5) is 26.7. The summed E-state index contributed by atoms with van der Waals surface area (Å²) < 4.78 is 0. The highest BCUT2D eigenvalue weighted by Gasteiger charge is 2.34. The third-order valence-electron chi connectivity index (χ3n) is 3.67. The Balaban J connectivity index is 1.89. The van der Waals surface area contributed by atoms with Crippen molar-refractivity contribution in [2.75, 3.05) is 31.9 Å². The van der Waals surface area contributed by atoms with Crippen molar-refractivity contribution in [3.8, 4) is 0 Å². The van der Waals surface area contributed by atoms with E-state index in [1.807, 2.05) is 16.7 Å². The molecule has 1 N–H and O–H groups in total. The first-order valence-corrected chi connectivity index (χ1v) is 7.55. The number of rotatable bonds is 2. The number of likely N-dealkylation sites (tertiary alicyclic amines) is 1. The van der Waals surface area contributed by atoms with Crippen LogP contribution in [-0.2, 0) is 4.79 Å². The minimum atomic E-state index is -0.786. The Morgan fingerprint density at radius 1 is 1.28 bits per heavy atom. The maximum Gasteiger partial charge on any atom is 0.320 e. The molecule has 2 fully saturated rings. The molecule has 2 rings (SSSR count). The Morgan fingerprint density at radius 3 is 2.61 bits per heavy atom. The van der Waals surface area contributed by atoms with E-state index in [1.54, 1.807) is 4.90 Å². The van der Waals surface area contributed by atoms with Crippen molar-refractivity contribution in [1.82, 2.24) is 9.80 Å². The minimum absolute atomic E-state index is 0.0255. The van der Waals surface area contributed by atoms with Gasteiger partial charge in [0.1, 0.15) is 0 Å². The highest BCUT2D eigenvalue weighted by atomic mass is 32.2. The van der Waals surface area contributed by atoms with E-state index in [0.29, 0.717) is 24.8 Å². The lowest BCUT2D eigenvalue weighted by Gasteiger charge is -2.34. The number of carboxylic acids is 1. The van der Waals surface area contributed by atoms with E-state index in [1.165, 1.54) is 0 Å². The topological polar surface area (TPSA) is 60.9 Å². The SMILES string of the molecule is CCC1CN(C(=O)N2CCC(C(=O)O)C2)CCS1. The third-order valence-corrected chi connectivity index (χ3v) is 5.04. The molecule has 0 aromatic carbocycles. The van der Waals surface area contributed by atoms with Gasteiger partial charge in [0.2, 0.25) is 0 Å². The fourth-order valence-electron chi connectivity index (χ4n) is 2.48. The van der Waals surface area contributed by atoms with E-state index >= 15 is 0 Å². The van der Waals surface area contributed by atoms with E-state index in [0.717, 1.165) is 25.3 Å². The zero-order valence-electron chi connectivity index (χ0n) is 10.7. The zero-order chi connectivity index (χ0) is 13.1. The summed E-state index contributed by atoms with van der Waals surface area (Å²) >= 11 is 1.93. The van der Waals surface area contributed by atoms with E-state index in [4.69, 9.17) is 5.11 Å². The maximum atomic E-state index is 12.3. The van der Waals surface area contributed by atoms with Gasteiger partial charge in [0.25, 0.3) is 0 Å². The summed E-state index contributed by atoms with van der Waals surface area (Å²) in [5.41, 5.74) is 0. The number of hydrogen-bond acceptors (Lipinski definition) is 3. The van der Waals surface area contributed by atoms with Gasteiger partial charge in [-0.05, 0) is 12.8 Å². The number of aliphatic carboxylic acids is 1. The molecule has 0 bridgehead atoms. The van der Waals surface area contributed by atoms with Crippen molar-refractivity contribution >= 4 is 23.8 Å². The predicted octanol–water partition coefficient (Wildman–Crippen LogP) is 1.34. The Bertz CT molecular complexity index is 337. The third kappa shape index (κ3) is 2.91. The van der Waals surface area contributed by atoms with Crippen LogP contribution in [0.25, 0.3) is 0 Å². The lowest BCUT2D eigenvalue weighted by molar-refractivity contribution is -0.141. The van der Waals surface area contributed by atoms with Crippen molar-refractivity contribution in [3.63, 3.8) is 0 Å². The zero-order valence-corrected chi connectivity index (χ0v) is 11.5. The monoisotopic (exact) mass is 272 g/mol. The number of hydrogen-bond donors (Lipinski definition) is 1. The van der Waals surface area contributed by atoms with Gasteiger partial charge in [-0.2, -0.15) is 11.8 Å². The molecule has 2 amide bonds. The summed E-state index contributed by atoms with van der Waals surface area (Å²) in [5, 5.41) is 9.48. The van der Waals surface area contributed by atoms with E-state index in [-0.39, 0.29) is 11.9 Å². The molecular formula is C12H20N2O3S. The molecule has 2 heterocycles. The second-order valence-electron chi connectivity index (χ2n) is 4.90. The van der Waals surface area contributed by atoms with Crippen molar-refractivity contribution in [3.05, 3.63) is 0 Å². The van der Waals surface area contributed by atoms with Crippen molar-refractivity contribution in [2.45, 2.75) is 25.0 Å². The van der Waals surface area contributed by atoms with Gasteiger partial charge in [0.05, 0.1) is 5.92 Å². The molecule has 0 aromatic heterocycles. The quantitative estimate of drug-likeness (QED) is 0.824. The molecule has 2 aliphatic rings. The molecule has 0 spiro atoms. The lowest BCUT2D eigenvalue weighted by atomic mass is 10.1. The molecule has 2 aliphatic heterocycles. The number of urea groups is 1. The number of thioether (sulfide) groups is 1. The number of carbonyl (C=O) groups excluding carboxylic acids is 1. The van der Waals surface area contributed by atoms with E-state index in [9.17, 15) is 9.59 Å². The molecule has 2 saturated heterocycles. The van der Waals surface area contributed by atoms with Gasteiger partial charge in [-0.15, -0.1) is 0 Å². The van der Waals surface area contributed by atoms with Crippen molar-refractivity contribution < 1.29 is 14.7 Å². The van der Waals surface area contributed by atoms with Crippen LogP contribution in [0.1, 0.15) is 19.8 Å². The number of carbonyl (C=O) groups is 2. The fourth-order valence-corrected chi connectivity index (χ4v) is 3.66. The van der Waals surface area contributed by atoms with Gasteiger partial charge >= 0.3 is 12.0 Å². The number of amides is 2. The lowest BCUT2D eigenvalue weighted by Crippen LogP contribution is -2.48. The molecule has 0 aliphatic carbocycles. The molecule has 0 radical (unpaired) electrons. The minimum Gasteiger partial charge on any atom is -0.481 e. The Kier molecular flexibility index (Phi) is 4.37. The normalized spacial score (nSPS) is 28.5. The van der Waals surface area contributed by atoms with Crippen LogP contribution in [0, 0.1) is 5.92 Å². The van der Waals surface area contributed by atoms with Gasteiger partial charge in [0, 0.05) is 37.2 Å². The second kappa shape index (κ2) is 5.82. The van der Waals surface area contributed by atoms with Crippen LogP contribution in [0.4, 0.5) is 4.79 Å². The van der Waals surface area contributed by atoms with Gasteiger partial charge in [0.15, 0.2) is 0 Å². The Labute approximate surface area is 112 Å². The first-order valence-electron chi connectivity index (χ1n) is 6.50. The summed E-state index contributed by atoms with van der Waals surface area (Å²) in [6.45, 7) is 4.68. The van der Waals surface area contributed by atoms with Crippen LogP contribution in [0.2, 0.25) is 0 Å². The van der Waals surface area contributed by atoms with Crippen LogP contribution in [-0.4, -0.2) is 64.1 Å². The fraction of sp³-hybridized carbons (Fsp3) is 0.833. The van der Waals surface area contributed by atoms with E-state index < -0.39 is 5.97 Å². The first-order chi connectivity index (χ1) is 8.61. The van der Waals surface area contributed by atoms with Crippen LogP contribution in [0.3, 0.4) is 0 Å². The van der Waals surface area contributed by atoms with Crippen LogP contribution in [0.15, 0.2) is 0 Å². The summed E-state index contributed by atoms with van der Waals surface area (Å²) in [6, 6.07) is 0.0255. The summed E-state index contributed by atoms with van der Waals surface area (Å²) in [6.07, 6.45) is 1.66. The molecule has 18 heavy (non-hydrogen) atoms. The predicted molar refractivity (Wildman–Crippen MR) is 70.8 cm³/mol. The molecule has 0 aromatic rings. The average Bonchev–Trinajstić information content (AvgIpc) is 2.87. The molecule has 5 nitrogen and oxygen atoms in total. The smallest absolute Gasteiger partial charge is 0.320 e. The first kappa shape index (κ1) is 13.5. The summed E-state index contributed by atoms with van der Waals surface area (Å²) in [7, 11) is 0. The van der Waals surface area contributed by atoms with Crippen molar-refractivity contribution in [1.29, 1.82) is 0 Å². The standard InChI is InChI=1S/C12H20N2O3S/c1-2-10-8-14(5-6-18-10)12(17)13-4-3-9(7-13)11(15)16/h9-10H,2-8H2,1H3,(H,15,16). The molecule has 102 valence electrons. The highest BCUT2D eigenvalue weighted by Crippen LogP contribution is 2.24. The van der Waals surface area contributed by atoms with E-state index in [2.05, 4.69) is 6.92 Å². The van der Waals surface area contributed by atoms with Crippen LogP contribution in [0.5, 0.6) is 0 Å². The molecular weight excluding hydrogens is 252 g/mol. The molecule has 2 atom stereocenters. The van der Waals surface area contributed by atoms with Crippen molar-refractivity contribution in [2.24, 2.45) is 5.92 Å². The molecule has 0 saturated carbocycles. The molecule has 6 heteroatoms. The van der Waals surface area contributed by atoms with Gasteiger partial charge in [-0.1, -0.05) is 6.92 Å². The number of carboxylic acid groups (broad SMARTS) is 1. The van der Waals surface area contributed by atoms with Gasteiger partial charge in [-0.3, -0.25) is 4.79 Å².